The second kappa shape index (κ2) is 5.68. The van der Waals surface area contributed by atoms with E-state index in [0.717, 1.165) is 22.2 Å². The molecule has 23 heavy (non-hydrogen) atoms. The van der Waals surface area contributed by atoms with Gasteiger partial charge < -0.3 is 25.8 Å². The lowest BCUT2D eigenvalue weighted by Gasteiger charge is -2.35. The molecular weight excluding hydrogens is 298 g/mol. The number of aliphatic hydroxyl groups is 1. The quantitative estimate of drug-likeness (QED) is 0.645. The number of amides is 1. The number of aliphatic carboxylic acids is 1. The largest absolute Gasteiger partial charge is 0.480 e. The van der Waals surface area contributed by atoms with Gasteiger partial charge in [0.1, 0.15) is 12.1 Å². The maximum atomic E-state index is 12.4. The zero-order chi connectivity index (χ0) is 16.7. The lowest BCUT2D eigenvalue weighted by molar-refractivity contribution is -0.153. The summed E-state index contributed by atoms with van der Waals surface area (Å²) in [6.07, 6.45) is -0.825. The van der Waals surface area contributed by atoms with E-state index >= 15 is 0 Å². The third kappa shape index (κ3) is 2.58. The molecule has 2 aromatic rings. The van der Waals surface area contributed by atoms with Crippen molar-refractivity contribution in [1.82, 2.24) is 9.88 Å². The number of nitrogens with one attached hydrogen (secondary N) is 1. The van der Waals surface area contributed by atoms with Crippen molar-refractivity contribution in [2.75, 3.05) is 0 Å². The number of rotatable bonds is 3. The number of aromatic amines is 1. The number of nitrogens with two attached hydrogens (primary N) is 1. The fraction of sp³-hybridized carbons (Fsp3) is 0.375. The van der Waals surface area contributed by atoms with Gasteiger partial charge in [0.05, 0.1) is 12.6 Å². The molecule has 0 aliphatic carbocycles. The summed E-state index contributed by atoms with van der Waals surface area (Å²) in [4.78, 5) is 28.5. The van der Waals surface area contributed by atoms with Crippen LogP contribution < -0.4 is 5.73 Å². The molecule has 0 saturated heterocycles. The van der Waals surface area contributed by atoms with Crippen LogP contribution in [0.15, 0.2) is 24.3 Å². The summed E-state index contributed by atoms with van der Waals surface area (Å²) in [5.74, 6) is -1.64. The minimum atomic E-state index is -1.14. The Morgan fingerprint density at radius 1 is 1.39 bits per heavy atom. The van der Waals surface area contributed by atoms with E-state index in [9.17, 15) is 19.8 Å². The summed E-state index contributed by atoms with van der Waals surface area (Å²) >= 11 is 0. The van der Waals surface area contributed by atoms with Crippen molar-refractivity contribution < 1.29 is 19.8 Å². The van der Waals surface area contributed by atoms with Crippen LogP contribution in [-0.4, -0.2) is 50.2 Å². The van der Waals surface area contributed by atoms with Crippen molar-refractivity contribution in [1.29, 1.82) is 0 Å². The van der Waals surface area contributed by atoms with Gasteiger partial charge in [-0.2, -0.15) is 0 Å². The average Bonchev–Trinajstić information content (AvgIpc) is 2.89. The van der Waals surface area contributed by atoms with E-state index in [1.165, 1.54) is 11.8 Å². The summed E-state index contributed by atoms with van der Waals surface area (Å²) in [5, 5.41) is 20.0. The minimum Gasteiger partial charge on any atom is -0.480 e. The normalized spacial score (nSPS) is 20.1. The summed E-state index contributed by atoms with van der Waals surface area (Å²) in [7, 11) is 0. The third-order valence-corrected chi connectivity index (χ3v) is 4.38. The zero-order valence-corrected chi connectivity index (χ0v) is 12.7. The number of hydrogen-bond acceptors (Lipinski definition) is 4. The Balaban J connectivity index is 2.01. The minimum absolute atomic E-state index is 0.139. The Hall–Kier alpha value is -2.38. The second-order valence-electron chi connectivity index (χ2n) is 5.92. The SMILES string of the molecule is C[C@@H](O)[C@H](N)C(=O)N1Cc2[nH]c3ccccc3c2C[C@H]1C(=O)O. The number of H-pyrrole nitrogens is 1. The van der Waals surface area contributed by atoms with Gasteiger partial charge in [-0.1, -0.05) is 18.2 Å². The highest BCUT2D eigenvalue weighted by molar-refractivity contribution is 5.91. The van der Waals surface area contributed by atoms with E-state index in [-0.39, 0.29) is 13.0 Å². The number of carbonyl (C=O) groups is 2. The molecule has 3 rings (SSSR count). The maximum Gasteiger partial charge on any atom is 0.326 e. The Labute approximate surface area is 132 Å². The molecule has 0 spiro atoms. The summed E-state index contributed by atoms with van der Waals surface area (Å²) in [6.45, 7) is 1.55. The zero-order valence-electron chi connectivity index (χ0n) is 12.7. The highest BCUT2D eigenvalue weighted by Crippen LogP contribution is 2.30. The van der Waals surface area contributed by atoms with Gasteiger partial charge in [0.15, 0.2) is 0 Å². The number of carboxylic acid groups (broad SMARTS) is 1. The molecule has 1 aromatic heterocycles. The van der Waals surface area contributed by atoms with Gasteiger partial charge in [-0.25, -0.2) is 4.79 Å². The van der Waals surface area contributed by atoms with Gasteiger partial charge >= 0.3 is 5.97 Å². The van der Waals surface area contributed by atoms with Gasteiger partial charge in [-0.05, 0) is 18.6 Å². The molecule has 7 nitrogen and oxygen atoms in total. The predicted octanol–water partition coefficient (Wildman–Crippen LogP) is 0.214. The molecule has 0 saturated carbocycles. The van der Waals surface area contributed by atoms with Gasteiger partial charge in [-0.15, -0.1) is 0 Å². The Bertz CT molecular complexity index is 768. The van der Waals surface area contributed by atoms with Crippen LogP contribution in [0.4, 0.5) is 0 Å². The number of para-hydroxylation sites is 1. The number of nitrogens with zero attached hydrogens (tertiary/aromatic N) is 1. The van der Waals surface area contributed by atoms with Gasteiger partial charge in [0.2, 0.25) is 5.91 Å². The van der Waals surface area contributed by atoms with Crippen LogP contribution in [0.5, 0.6) is 0 Å². The average molecular weight is 317 g/mol. The first-order valence-electron chi connectivity index (χ1n) is 7.45. The molecule has 2 heterocycles. The molecule has 0 unspecified atom stereocenters. The fourth-order valence-electron chi connectivity index (χ4n) is 3.06. The number of aliphatic hydroxyl groups excluding tert-OH is 1. The molecule has 7 heteroatoms. The van der Waals surface area contributed by atoms with Crippen LogP contribution in [0.2, 0.25) is 0 Å². The van der Waals surface area contributed by atoms with Crippen LogP contribution in [0.25, 0.3) is 10.9 Å². The van der Waals surface area contributed by atoms with E-state index in [0.29, 0.717) is 0 Å². The number of aromatic nitrogens is 1. The Morgan fingerprint density at radius 2 is 2.09 bits per heavy atom. The van der Waals surface area contributed by atoms with E-state index in [1.54, 1.807) is 0 Å². The molecule has 1 aliphatic heterocycles. The maximum absolute atomic E-state index is 12.4. The highest BCUT2D eigenvalue weighted by Gasteiger charge is 2.38. The topological polar surface area (TPSA) is 120 Å². The van der Waals surface area contributed by atoms with E-state index in [1.807, 2.05) is 24.3 Å². The molecule has 3 atom stereocenters. The molecule has 1 aliphatic rings. The second-order valence-corrected chi connectivity index (χ2v) is 5.92. The van der Waals surface area contributed by atoms with Crippen LogP contribution in [-0.2, 0) is 22.6 Å². The number of carbonyl (C=O) groups excluding carboxylic acids is 1. The summed E-state index contributed by atoms with van der Waals surface area (Å²) in [6, 6.07) is 5.51. The van der Waals surface area contributed by atoms with Crippen LogP contribution in [0, 0.1) is 0 Å². The molecule has 1 amide bonds. The smallest absolute Gasteiger partial charge is 0.326 e. The fourth-order valence-corrected chi connectivity index (χ4v) is 3.06. The van der Waals surface area contributed by atoms with Gasteiger partial charge in [0, 0.05) is 23.0 Å². The molecule has 0 radical (unpaired) electrons. The first-order chi connectivity index (χ1) is 10.9. The van der Waals surface area contributed by atoms with Crippen molar-refractivity contribution in [2.45, 2.75) is 38.1 Å². The molecule has 0 fully saturated rings. The highest BCUT2D eigenvalue weighted by atomic mass is 16.4. The Kier molecular flexibility index (Phi) is 3.83. The van der Waals surface area contributed by atoms with E-state index < -0.39 is 30.1 Å². The summed E-state index contributed by atoms with van der Waals surface area (Å²) in [5.41, 5.74) is 8.35. The van der Waals surface area contributed by atoms with Crippen molar-refractivity contribution in [3.63, 3.8) is 0 Å². The van der Waals surface area contributed by atoms with Crippen LogP contribution in [0.3, 0.4) is 0 Å². The standard InChI is InChI=1S/C16H19N3O4/c1-8(20)14(17)15(21)19-7-12-10(6-13(19)16(22)23)9-4-2-3-5-11(9)18-12/h2-5,8,13-14,18,20H,6-7,17H2,1H3,(H,22,23)/t8-,13+,14+/m1/s1. The third-order valence-electron chi connectivity index (χ3n) is 4.38. The summed E-state index contributed by atoms with van der Waals surface area (Å²) < 4.78 is 0. The predicted molar refractivity (Wildman–Crippen MR) is 83.6 cm³/mol. The molecule has 1 aromatic carbocycles. The molecule has 5 N–H and O–H groups in total. The Morgan fingerprint density at radius 3 is 2.74 bits per heavy atom. The van der Waals surface area contributed by atoms with E-state index in [2.05, 4.69) is 4.98 Å². The number of fused-ring (bicyclic) bond motifs is 3. The number of carboxylic acids is 1. The monoisotopic (exact) mass is 317 g/mol. The van der Waals surface area contributed by atoms with Gasteiger partial charge in [0.25, 0.3) is 0 Å². The van der Waals surface area contributed by atoms with Crippen molar-refractivity contribution >= 4 is 22.8 Å². The first-order valence-corrected chi connectivity index (χ1v) is 7.45. The molecule has 122 valence electrons. The van der Waals surface area contributed by atoms with Crippen LogP contribution in [0.1, 0.15) is 18.2 Å². The van der Waals surface area contributed by atoms with Crippen molar-refractivity contribution in [2.24, 2.45) is 5.73 Å². The lowest BCUT2D eigenvalue weighted by Crippen LogP contribution is -2.56. The van der Waals surface area contributed by atoms with Crippen molar-refractivity contribution in [3.05, 3.63) is 35.5 Å². The van der Waals surface area contributed by atoms with E-state index in [4.69, 9.17) is 5.73 Å². The molecule has 0 bridgehead atoms. The van der Waals surface area contributed by atoms with Crippen LogP contribution >= 0.6 is 0 Å². The van der Waals surface area contributed by atoms with Crippen molar-refractivity contribution in [3.8, 4) is 0 Å². The lowest BCUT2D eigenvalue weighted by atomic mass is 9.95. The van der Waals surface area contributed by atoms with Gasteiger partial charge in [-0.3, -0.25) is 4.79 Å². The first kappa shape index (κ1) is 15.5. The number of benzene rings is 1. The number of hydrogen-bond donors (Lipinski definition) is 4. The molecular formula is C16H19N3O4.